The summed E-state index contributed by atoms with van der Waals surface area (Å²) in [6.07, 6.45) is 6.72. The molecule has 1 aliphatic carbocycles. The van der Waals surface area contributed by atoms with E-state index < -0.39 is 0 Å². The van der Waals surface area contributed by atoms with Crippen molar-refractivity contribution in [2.75, 3.05) is 14.2 Å². The molecule has 122 valence electrons. The molecule has 0 aromatic rings. The molecule has 1 atom stereocenters. The maximum atomic E-state index is 5.85. The molecular weight excluding hydrogens is 272 g/mol. The predicted molar refractivity (Wildman–Crippen MR) is 94.5 cm³/mol. The quantitative estimate of drug-likeness (QED) is 0.600. The van der Waals surface area contributed by atoms with Gasteiger partial charge >= 0.3 is 0 Å². The molecule has 0 aromatic heterocycles. The molecule has 0 bridgehead atoms. The average Bonchev–Trinajstić information content (AvgIpc) is 2.52. The third-order valence-corrected chi connectivity index (χ3v) is 4.58. The zero-order valence-corrected chi connectivity index (χ0v) is 15.0. The zero-order chi connectivity index (χ0) is 16.9. The highest BCUT2D eigenvalue weighted by Gasteiger charge is 2.43. The van der Waals surface area contributed by atoms with E-state index in [0.29, 0.717) is 0 Å². The van der Waals surface area contributed by atoms with Gasteiger partial charge < -0.3 is 9.47 Å². The molecule has 0 N–H and O–H groups in total. The predicted octanol–water partition coefficient (Wildman–Crippen LogP) is 5.71. The van der Waals surface area contributed by atoms with Crippen LogP contribution in [0.2, 0.25) is 0 Å². The summed E-state index contributed by atoms with van der Waals surface area (Å²) in [7, 11) is 3.47. The van der Waals surface area contributed by atoms with Crippen LogP contribution in [0.25, 0.3) is 0 Å². The molecule has 0 aliphatic heterocycles. The Hall–Kier alpha value is -1.70. The van der Waals surface area contributed by atoms with E-state index in [1.165, 1.54) is 11.1 Å². The minimum Gasteiger partial charge on any atom is -0.500 e. The molecule has 1 unspecified atom stereocenters. The minimum atomic E-state index is -0.203. The van der Waals surface area contributed by atoms with E-state index in [0.717, 1.165) is 41.9 Å². The first-order valence-electron chi connectivity index (χ1n) is 7.99. The smallest absolute Gasteiger partial charge is 0.130 e. The van der Waals surface area contributed by atoms with Crippen molar-refractivity contribution in [1.82, 2.24) is 0 Å². The second kappa shape index (κ2) is 7.53. The number of ether oxygens (including phenoxy) is 2. The standard InChI is InChI=1S/C20H30O2/c1-9-13-20(6)17(14(5)10-2)18(21-7)15(11-3)16(12-4)19(20)22-8/h11-12H,3-4,9-10,13H2,1-2,5-8H3/b17-14+. The normalized spacial score (nSPS) is 24.3. The Labute approximate surface area is 135 Å². The summed E-state index contributed by atoms with van der Waals surface area (Å²) < 4.78 is 11.7. The van der Waals surface area contributed by atoms with Gasteiger partial charge in [-0.15, -0.1) is 0 Å². The van der Waals surface area contributed by atoms with Crippen LogP contribution >= 0.6 is 0 Å². The molecule has 0 saturated heterocycles. The first-order valence-corrected chi connectivity index (χ1v) is 7.99. The second-order valence-corrected chi connectivity index (χ2v) is 5.89. The van der Waals surface area contributed by atoms with Gasteiger partial charge in [-0.3, -0.25) is 0 Å². The maximum Gasteiger partial charge on any atom is 0.130 e. The van der Waals surface area contributed by atoms with Gasteiger partial charge in [0.05, 0.1) is 19.6 Å². The Morgan fingerprint density at radius 2 is 1.68 bits per heavy atom. The highest BCUT2D eigenvalue weighted by molar-refractivity contribution is 5.61. The molecule has 1 aliphatic rings. The average molecular weight is 302 g/mol. The highest BCUT2D eigenvalue weighted by atomic mass is 16.5. The number of hydrogen-bond acceptors (Lipinski definition) is 2. The fourth-order valence-electron chi connectivity index (χ4n) is 3.57. The Bertz CT molecular complexity index is 546. The van der Waals surface area contributed by atoms with E-state index in [1.807, 2.05) is 12.2 Å². The Kier molecular flexibility index (Phi) is 6.28. The summed E-state index contributed by atoms with van der Waals surface area (Å²) in [5.74, 6) is 1.86. The summed E-state index contributed by atoms with van der Waals surface area (Å²) in [6, 6.07) is 0. The number of hydrogen-bond donors (Lipinski definition) is 0. The molecule has 0 aromatic carbocycles. The fraction of sp³-hybridized carbons (Fsp3) is 0.500. The highest BCUT2D eigenvalue weighted by Crippen LogP contribution is 2.52. The SMILES string of the molecule is C=CC1=C(OC)/C(=C(/C)CC)C(C)(CCC)C(OC)=C1C=C. The van der Waals surface area contributed by atoms with Crippen molar-refractivity contribution in [3.05, 3.63) is 59.1 Å². The van der Waals surface area contributed by atoms with E-state index in [4.69, 9.17) is 9.47 Å². The summed E-state index contributed by atoms with van der Waals surface area (Å²) >= 11 is 0. The van der Waals surface area contributed by atoms with Crippen LogP contribution in [0, 0.1) is 5.41 Å². The molecule has 0 radical (unpaired) electrons. The maximum absolute atomic E-state index is 5.85. The van der Waals surface area contributed by atoms with E-state index in [9.17, 15) is 0 Å². The van der Waals surface area contributed by atoms with Crippen LogP contribution in [-0.2, 0) is 9.47 Å². The lowest BCUT2D eigenvalue weighted by Gasteiger charge is -2.41. The van der Waals surface area contributed by atoms with Gasteiger partial charge in [0.15, 0.2) is 0 Å². The second-order valence-electron chi connectivity index (χ2n) is 5.89. The van der Waals surface area contributed by atoms with Gasteiger partial charge in [-0.05, 0) is 26.7 Å². The van der Waals surface area contributed by atoms with Crippen molar-refractivity contribution in [1.29, 1.82) is 0 Å². The van der Waals surface area contributed by atoms with Gasteiger partial charge in [-0.25, -0.2) is 0 Å². The third-order valence-electron chi connectivity index (χ3n) is 4.58. The Morgan fingerprint density at radius 1 is 1.09 bits per heavy atom. The van der Waals surface area contributed by atoms with E-state index >= 15 is 0 Å². The van der Waals surface area contributed by atoms with Gasteiger partial charge in [0.25, 0.3) is 0 Å². The van der Waals surface area contributed by atoms with Crippen molar-refractivity contribution in [2.45, 2.75) is 47.0 Å². The zero-order valence-electron chi connectivity index (χ0n) is 15.0. The van der Waals surface area contributed by atoms with E-state index in [-0.39, 0.29) is 5.41 Å². The van der Waals surface area contributed by atoms with Crippen molar-refractivity contribution in [3.63, 3.8) is 0 Å². The van der Waals surface area contributed by atoms with Crippen molar-refractivity contribution < 1.29 is 9.47 Å². The van der Waals surface area contributed by atoms with Crippen molar-refractivity contribution in [2.24, 2.45) is 5.41 Å². The van der Waals surface area contributed by atoms with Gasteiger partial charge in [0.2, 0.25) is 0 Å². The lowest BCUT2D eigenvalue weighted by atomic mass is 9.67. The van der Waals surface area contributed by atoms with Crippen LogP contribution in [0.15, 0.2) is 59.1 Å². The van der Waals surface area contributed by atoms with Crippen LogP contribution in [-0.4, -0.2) is 14.2 Å². The largest absolute Gasteiger partial charge is 0.500 e. The molecule has 0 spiro atoms. The number of rotatable bonds is 7. The molecule has 2 nitrogen and oxygen atoms in total. The van der Waals surface area contributed by atoms with Crippen molar-refractivity contribution in [3.8, 4) is 0 Å². The Morgan fingerprint density at radius 3 is 2.05 bits per heavy atom. The van der Waals surface area contributed by atoms with Gasteiger partial charge in [-0.2, -0.15) is 0 Å². The van der Waals surface area contributed by atoms with E-state index in [1.54, 1.807) is 14.2 Å². The molecule has 22 heavy (non-hydrogen) atoms. The minimum absolute atomic E-state index is 0.203. The molecular formula is C20H30O2. The van der Waals surface area contributed by atoms with Crippen LogP contribution < -0.4 is 0 Å². The summed E-state index contributed by atoms with van der Waals surface area (Å²) in [4.78, 5) is 0. The lowest BCUT2D eigenvalue weighted by Crippen LogP contribution is -2.31. The van der Waals surface area contributed by atoms with Crippen molar-refractivity contribution >= 4 is 0 Å². The number of allylic oxidation sites excluding steroid dienone is 7. The summed E-state index contributed by atoms with van der Waals surface area (Å²) in [5, 5.41) is 0. The van der Waals surface area contributed by atoms with Gasteiger partial charge in [0.1, 0.15) is 11.5 Å². The first-order chi connectivity index (χ1) is 10.5. The van der Waals surface area contributed by atoms with E-state index in [2.05, 4.69) is 40.9 Å². The fourth-order valence-corrected chi connectivity index (χ4v) is 3.57. The van der Waals surface area contributed by atoms with Gasteiger partial charge in [-0.1, -0.05) is 51.2 Å². The lowest BCUT2D eigenvalue weighted by molar-refractivity contribution is 0.175. The number of methoxy groups -OCH3 is 2. The summed E-state index contributed by atoms with van der Waals surface area (Å²) in [6.45, 7) is 16.7. The molecule has 2 heteroatoms. The van der Waals surface area contributed by atoms with Crippen LogP contribution in [0.3, 0.4) is 0 Å². The topological polar surface area (TPSA) is 18.5 Å². The van der Waals surface area contributed by atoms with Crippen LogP contribution in [0.4, 0.5) is 0 Å². The monoisotopic (exact) mass is 302 g/mol. The summed E-state index contributed by atoms with van der Waals surface area (Å²) in [5.41, 5.74) is 4.30. The van der Waals surface area contributed by atoms with Crippen LogP contribution in [0.5, 0.6) is 0 Å². The molecule has 1 rings (SSSR count). The molecule has 0 fully saturated rings. The van der Waals surface area contributed by atoms with Gasteiger partial charge in [0, 0.05) is 16.7 Å². The molecule has 0 amide bonds. The Balaban J connectivity index is 3.90. The van der Waals surface area contributed by atoms with Crippen LogP contribution in [0.1, 0.15) is 47.0 Å². The first kappa shape index (κ1) is 18.3. The molecule has 0 heterocycles. The molecule has 0 saturated carbocycles. The third kappa shape index (κ3) is 2.79.